The summed E-state index contributed by atoms with van der Waals surface area (Å²) in [6.07, 6.45) is 1.68. The van der Waals surface area contributed by atoms with E-state index in [-0.39, 0.29) is 5.97 Å². The highest BCUT2D eigenvalue weighted by molar-refractivity contribution is 5.87. The van der Waals surface area contributed by atoms with Crippen LogP contribution in [0, 0.1) is 0 Å². The largest absolute Gasteiger partial charge is 0.466 e. The molecule has 0 atom stereocenters. The molecule has 0 amide bonds. The van der Waals surface area contributed by atoms with E-state index >= 15 is 0 Å². The van der Waals surface area contributed by atoms with Crippen molar-refractivity contribution < 1.29 is 28.5 Å². The van der Waals surface area contributed by atoms with Gasteiger partial charge in [0.25, 0.3) is 0 Å². The Labute approximate surface area is 114 Å². The second kappa shape index (κ2) is 13.5. The Morgan fingerprint density at radius 3 is 1.95 bits per heavy atom. The molecule has 0 heterocycles. The van der Waals surface area contributed by atoms with Gasteiger partial charge in [-0.2, -0.15) is 0 Å². The molecule has 0 aliphatic rings. The number of rotatable bonds is 12. The van der Waals surface area contributed by atoms with E-state index < -0.39 is 0 Å². The molecular formula is C13H24O6. The molecule has 0 saturated carbocycles. The van der Waals surface area contributed by atoms with Gasteiger partial charge < -0.3 is 23.7 Å². The van der Waals surface area contributed by atoms with E-state index in [1.165, 1.54) is 7.11 Å². The van der Waals surface area contributed by atoms with Crippen LogP contribution in [-0.2, 0) is 28.5 Å². The minimum Gasteiger partial charge on any atom is -0.466 e. The first-order valence-electron chi connectivity index (χ1n) is 6.19. The van der Waals surface area contributed by atoms with E-state index in [0.29, 0.717) is 51.8 Å². The molecule has 0 saturated heterocycles. The van der Waals surface area contributed by atoms with Gasteiger partial charge in [0.1, 0.15) is 0 Å². The zero-order chi connectivity index (χ0) is 14.3. The van der Waals surface area contributed by atoms with Crippen molar-refractivity contribution >= 4 is 5.97 Å². The lowest BCUT2D eigenvalue weighted by Gasteiger charge is -2.05. The summed E-state index contributed by atoms with van der Waals surface area (Å²) in [7, 11) is 2.98. The maximum Gasteiger partial charge on any atom is 0.333 e. The van der Waals surface area contributed by atoms with Gasteiger partial charge in [0.05, 0.1) is 53.4 Å². The van der Waals surface area contributed by atoms with Crippen LogP contribution in [0.15, 0.2) is 11.6 Å². The first-order valence-corrected chi connectivity index (χ1v) is 6.19. The minimum absolute atomic E-state index is 0.340. The smallest absolute Gasteiger partial charge is 0.333 e. The molecule has 0 rings (SSSR count). The molecule has 0 aromatic rings. The summed E-state index contributed by atoms with van der Waals surface area (Å²) in [5.41, 5.74) is 0.537. The molecule has 6 nitrogen and oxygen atoms in total. The molecule has 0 spiro atoms. The first kappa shape index (κ1) is 18.0. The zero-order valence-corrected chi connectivity index (χ0v) is 12.0. The fraction of sp³-hybridized carbons (Fsp3) is 0.769. The van der Waals surface area contributed by atoms with Crippen LogP contribution >= 0.6 is 0 Å². The molecule has 0 aliphatic carbocycles. The molecule has 0 radical (unpaired) electrons. The molecule has 0 aliphatic heterocycles. The van der Waals surface area contributed by atoms with E-state index in [9.17, 15) is 4.79 Å². The van der Waals surface area contributed by atoms with Gasteiger partial charge in [-0.3, -0.25) is 0 Å². The molecule has 0 unspecified atom stereocenters. The van der Waals surface area contributed by atoms with Crippen LogP contribution in [-0.4, -0.2) is 66.4 Å². The van der Waals surface area contributed by atoms with Crippen LogP contribution < -0.4 is 0 Å². The fourth-order valence-electron chi connectivity index (χ4n) is 1.09. The highest BCUT2D eigenvalue weighted by atomic mass is 16.6. The van der Waals surface area contributed by atoms with Crippen molar-refractivity contribution in [3.8, 4) is 0 Å². The third kappa shape index (κ3) is 11.9. The molecule has 0 fully saturated rings. The Balaban J connectivity index is 3.25. The summed E-state index contributed by atoms with van der Waals surface area (Å²) in [6.45, 7) is 5.28. The Bertz CT molecular complexity index is 252. The van der Waals surface area contributed by atoms with Crippen LogP contribution in [0.4, 0.5) is 0 Å². The molecular weight excluding hydrogens is 252 g/mol. The molecule has 0 bridgehead atoms. The average Bonchev–Trinajstić information content (AvgIpc) is 2.43. The second-order valence-corrected chi connectivity index (χ2v) is 3.67. The average molecular weight is 276 g/mol. The number of esters is 1. The van der Waals surface area contributed by atoms with Crippen molar-refractivity contribution in [1.82, 2.24) is 0 Å². The van der Waals surface area contributed by atoms with Crippen molar-refractivity contribution in [1.29, 1.82) is 0 Å². The van der Waals surface area contributed by atoms with Gasteiger partial charge in [0, 0.05) is 12.7 Å². The lowest BCUT2D eigenvalue weighted by Crippen LogP contribution is -2.11. The van der Waals surface area contributed by atoms with Crippen LogP contribution in [0.3, 0.4) is 0 Å². The maximum absolute atomic E-state index is 11.0. The summed E-state index contributed by atoms with van der Waals surface area (Å²) in [4.78, 5) is 11.0. The number of ether oxygens (including phenoxy) is 5. The molecule has 0 aromatic carbocycles. The van der Waals surface area contributed by atoms with Gasteiger partial charge in [-0.25, -0.2) is 4.79 Å². The number of carbonyl (C=O) groups is 1. The topological polar surface area (TPSA) is 63.2 Å². The van der Waals surface area contributed by atoms with E-state index in [2.05, 4.69) is 4.74 Å². The summed E-state index contributed by atoms with van der Waals surface area (Å²) >= 11 is 0. The molecule has 112 valence electrons. The third-order valence-electron chi connectivity index (χ3n) is 2.19. The Hall–Kier alpha value is -0.950. The summed E-state index contributed by atoms with van der Waals surface area (Å²) in [5, 5.41) is 0. The predicted molar refractivity (Wildman–Crippen MR) is 70.1 cm³/mol. The number of carbonyl (C=O) groups excluding carboxylic acids is 1. The number of hydrogen-bond donors (Lipinski definition) is 0. The van der Waals surface area contributed by atoms with Gasteiger partial charge in [-0.15, -0.1) is 0 Å². The van der Waals surface area contributed by atoms with Crippen molar-refractivity contribution in [2.75, 3.05) is 60.5 Å². The summed E-state index contributed by atoms with van der Waals surface area (Å²) < 4.78 is 25.2. The lowest BCUT2D eigenvalue weighted by molar-refractivity contribution is -0.136. The van der Waals surface area contributed by atoms with Crippen molar-refractivity contribution in [3.63, 3.8) is 0 Å². The van der Waals surface area contributed by atoms with Gasteiger partial charge in [0.2, 0.25) is 0 Å². The lowest BCUT2D eigenvalue weighted by atomic mass is 10.3. The maximum atomic E-state index is 11.0. The zero-order valence-electron chi connectivity index (χ0n) is 12.0. The van der Waals surface area contributed by atoms with E-state index in [1.807, 2.05) is 0 Å². The van der Waals surface area contributed by atoms with Crippen LogP contribution in [0.5, 0.6) is 0 Å². The minimum atomic E-state index is -0.340. The second-order valence-electron chi connectivity index (χ2n) is 3.67. The first-order chi connectivity index (χ1) is 9.22. The quantitative estimate of drug-likeness (QED) is 0.298. The number of hydrogen-bond acceptors (Lipinski definition) is 6. The predicted octanol–water partition coefficient (Wildman–Crippen LogP) is 0.802. The Morgan fingerprint density at radius 2 is 1.42 bits per heavy atom. The summed E-state index contributed by atoms with van der Waals surface area (Å²) in [5.74, 6) is -0.340. The SMILES string of the molecule is COCCOCCOCCOC/C=C(/C)C(=O)OC. The van der Waals surface area contributed by atoms with E-state index in [4.69, 9.17) is 18.9 Å². The standard InChI is InChI=1S/C13H24O6/c1-12(13(14)16-3)4-5-17-8-9-19-11-10-18-7-6-15-2/h4H,5-11H2,1-3H3/b12-4-. The normalized spacial score (nSPS) is 11.6. The van der Waals surface area contributed by atoms with Crippen LogP contribution in [0.1, 0.15) is 6.92 Å². The Kier molecular flexibility index (Phi) is 12.8. The van der Waals surface area contributed by atoms with Crippen LogP contribution in [0.2, 0.25) is 0 Å². The number of methoxy groups -OCH3 is 2. The molecule has 0 aromatic heterocycles. The fourth-order valence-corrected chi connectivity index (χ4v) is 1.09. The van der Waals surface area contributed by atoms with Gasteiger partial charge in [-0.05, 0) is 13.0 Å². The monoisotopic (exact) mass is 276 g/mol. The summed E-state index contributed by atoms with van der Waals surface area (Å²) in [6, 6.07) is 0. The molecule has 6 heteroatoms. The highest BCUT2D eigenvalue weighted by Crippen LogP contribution is 1.95. The highest BCUT2D eigenvalue weighted by Gasteiger charge is 2.01. The van der Waals surface area contributed by atoms with Crippen molar-refractivity contribution in [3.05, 3.63) is 11.6 Å². The molecule has 19 heavy (non-hydrogen) atoms. The van der Waals surface area contributed by atoms with Gasteiger partial charge >= 0.3 is 5.97 Å². The van der Waals surface area contributed by atoms with Crippen LogP contribution in [0.25, 0.3) is 0 Å². The third-order valence-corrected chi connectivity index (χ3v) is 2.19. The van der Waals surface area contributed by atoms with Crippen molar-refractivity contribution in [2.24, 2.45) is 0 Å². The van der Waals surface area contributed by atoms with Crippen molar-refractivity contribution in [2.45, 2.75) is 6.92 Å². The Morgan fingerprint density at radius 1 is 0.895 bits per heavy atom. The van der Waals surface area contributed by atoms with E-state index in [0.717, 1.165) is 0 Å². The van der Waals surface area contributed by atoms with E-state index in [1.54, 1.807) is 20.1 Å². The van der Waals surface area contributed by atoms with Gasteiger partial charge in [-0.1, -0.05) is 0 Å². The van der Waals surface area contributed by atoms with Gasteiger partial charge in [0.15, 0.2) is 0 Å². The molecule has 0 N–H and O–H groups in total.